The Morgan fingerprint density at radius 2 is 1.75 bits per heavy atom. The molecule has 3 aliphatic heterocycles. The average molecular weight is 384 g/mol. The minimum absolute atomic E-state index is 0.0418. The molecule has 0 radical (unpaired) electrons. The molecule has 0 N–H and O–H groups in total. The Morgan fingerprint density at radius 1 is 1.04 bits per heavy atom. The van der Waals surface area contributed by atoms with Gasteiger partial charge in [-0.25, -0.2) is 0 Å². The third-order valence-electron chi connectivity index (χ3n) is 6.18. The number of likely N-dealkylation sites (N-methyl/N-ethyl adjacent to an activating group) is 1. The number of rotatable bonds is 4. The number of amides is 3. The van der Waals surface area contributed by atoms with Crippen molar-refractivity contribution >= 4 is 17.7 Å². The van der Waals surface area contributed by atoms with Crippen molar-refractivity contribution in [1.29, 1.82) is 0 Å². The number of hydrogen-bond acceptors (Lipinski definition) is 4. The van der Waals surface area contributed by atoms with E-state index in [-0.39, 0.29) is 30.3 Å². The molecular formula is C21H28N4O3. The molecule has 1 atom stereocenters. The first-order valence-electron chi connectivity index (χ1n) is 10.3. The summed E-state index contributed by atoms with van der Waals surface area (Å²) in [5, 5.41) is 0. The molecule has 7 heteroatoms. The normalized spacial score (nSPS) is 23.3. The highest BCUT2D eigenvalue weighted by atomic mass is 16.2. The summed E-state index contributed by atoms with van der Waals surface area (Å²) in [6.45, 7) is 7.79. The van der Waals surface area contributed by atoms with Crippen molar-refractivity contribution in [2.45, 2.75) is 32.4 Å². The molecule has 3 amide bonds. The first kappa shape index (κ1) is 18.9. The second-order valence-electron chi connectivity index (χ2n) is 7.86. The lowest BCUT2D eigenvalue weighted by molar-refractivity contribution is -0.154. The zero-order valence-electron chi connectivity index (χ0n) is 16.5. The average Bonchev–Trinajstić information content (AvgIpc) is 3.23. The molecule has 4 rings (SSSR count). The summed E-state index contributed by atoms with van der Waals surface area (Å²) in [5.41, 5.74) is 1.62. The zero-order valence-corrected chi connectivity index (χ0v) is 16.5. The van der Waals surface area contributed by atoms with Crippen LogP contribution in [0.1, 0.15) is 35.7 Å². The second-order valence-corrected chi connectivity index (χ2v) is 7.86. The van der Waals surface area contributed by atoms with Crippen molar-refractivity contribution in [3.8, 4) is 0 Å². The quantitative estimate of drug-likeness (QED) is 0.770. The van der Waals surface area contributed by atoms with E-state index in [9.17, 15) is 14.4 Å². The van der Waals surface area contributed by atoms with Crippen LogP contribution in [0.25, 0.3) is 0 Å². The molecule has 1 aromatic carbocycles. The smallest absolute Gasteiger partial charge is 0.253 e. The lowest BCUT2D eigenvalue weighted by Crippen LogP contribution is -2.56. The summed E-state index contributed by atoms with van der Waals surface area (Å²) in [5.74, 6) is 0.152. The monoisotopic (exact) mass is 384 g/mol. The Balaban J connectivity index is 1.38. The summed E-state index contributed by atoms with van der Waals surface area (Å²) in [6, 6.07) is 7.19. The van der Waals surface area contributed by atoms with Gasteiger partial charge in [0, 0.05) is 44.8 Å². The van der Waals surface area contributed by atoms with E-state index >= 15 is 0 Å². The van der Waals surface area contributed by atoms with Crippen LogP contribution in [0.2, 0.25) is 0 Å². The van der Waals surface area contributed by atoms with Crippen molar-refractivity contribution < 1.29 is 14.4 Å². The molecule has 3 saturated heterocycles. The lowest BCUT2D eigenvalue weighted by Gasteiger charge is -2.36. The highest BCUT2D eigenvalue weighted by molar-refractivity contribution is 5.95. The van der Waals surface area contributed by atoms with Crippen LogP contribution in [0.4, 0.5) is 0 Å². The van der Waals surface area contributed by atoms with Gasteiger partial charge < -0.3 is 19.6 Å². The molecule has 3 heterocycles. The van der Waals surface area contributed by atoms with Gasteiger partial charge in [-0.2, -0.15) is 0 Å². The Hall–Kier alpha value is -2.41. The molecule has 7 nitrogen and oxygen atoms in total. The van der Waals surface area contributed by atoms with Crippen molar-refractivity contribution in [2.75, 3.05) is 45.8 Å². The summed E-state index contributed by atoms with van der Waals surface area (Å²) in [6.07, 6.45) is 1.67. The van der Waals surface area contributed by atoms with E-state index in [1.54, 1.807) is 9.80 Å². The number of fused-ring (bicyclic) bond motifs is 1. The number of nitrogens with zero attached hydrogens (tertiary/aromatic N) is 4. The van der Waals surface area contributed by atoms with Crippen LogP contribution in [0.3, 0.4) is 0 Å². The third-order valence-corrected chi connectivity index (χ3v) is 6.18. The maximum atomic E-state index is 12.7. The van der Waals surface area contributed by atoms with Crippen molar-refractivity contribution in [1.82, 2.24) is 19.6 Å². The predicted octanol–water partition coefficient (Wildman–Crippen LogP) is 0.798. The molecular weight excluding hydrogens is 356 g/mol. The van der Waals surface area contributed by atoms with E-state index in [0.29, 0.717) is 18.7 Å². The number of hydrogen-bond donors (Lipinski definition) is 0. The second kappa shape index (κ2) is 7.91. The first-order valence-corrected chi connectivity index (χ1v) is 10.3. The first-order chi connectivity index (χ1) is 13.6. The molecule has 0 aliphatic carbocycles. The van der Waals surface area contributed by atoms with Crippen molar-refractivity contribution in [2.24, 2.45) is 0 Å². The van der Waals surface area contributed by atoms with E-state index in [4.69, 9.17) is 0 Å². The van der Waals surface area contributed by atoms with Gasteiger partial charge in [0.25, 0.3) is 5.91 Å². The van der Waals surface area contributed by atoms with Gasteiger partial charge in [0.2, 0.25) is 11.8 Å². The van der Waals surface area contributed by atoms with Gasteiger partial charge in [0.05, 0.1) is 0 Å². The van der Waals surface area contributed by atoms with Crippen LogP contribution in [0, 0.1) is 0 Å². The van der Waals surface area contributed by atoms with E-state index in [2.05, 4.69) is 11.8 Å². The number of piperazine rings is 2. The van der Waals surface area contributed by atoms with Crippen LogP contribution in [-0.2, 0) is 16.1 Å². The molecule has 0 unspecified atom stereocenters. The van der Waals surface area contributed by atoms with Gasteiger partial charge in [-0.15, -0.1) is 0 Å². The SMILES string of the molecule is CCN1CCN(C(=O)c2ccc(CN3CC(=O)N4CCC[C@@H]4C3=O)cc2)CC1. The van der Waals surface area contributed by atoms with Gasteiger partial charge in [0.15, 0.2) is 0 Å². The van der Waals surface area contributed by atoms with Crippen LogP contribution >= 0.6 is 0 Å². The van der Waals surface area contributed by atoms with Crippen LogP contribution in [0.5, 0.6) is 0 Å². The highest BCUT2D eigenvalue weighted by Gasteiger charge is 2.41. The Bertz CT molecular complexity index is 755. The van der Waals surface area contributed by atoms with Gasteiger partial charge >= 0.3 is 0 Å². The van der Waals surface area contributed by atoms with E-state index in [1.165, 1.54) is 0 Å². The third kappa shape index (κ3) is 3.63. The van der Waals surface area contributed by atoms with Crippen molar-refractivity contribution in [3.63, 3.8) is 0 Å². The molecule has 150 valence electrons. The number of carbonyl (C=O) groups is 3. The standard InChI is InChI=1S/C21H28N4O3/c1-2-22-10-12-23(13-11-22)20(27)17-7-5-16(6-8-17)14-24-15-19(26)25-9-3-4-18(25)21(24)28/h5-8,18H,2-4,9-15H2,1H3/t18-/m1/s1. The fraction of sp³-hybridized carbons (Fsp3) is 0.571. The minimum atomic E-state index is -0.274. The molecule has 0 bridgehead atoms. The maximum Gasteiger partial charge on any atom is 0.253 e. The molecule has 0 saturated carbocycles. The molecule has 3 fully saturated rings. The lowest BCUT2D eigenvalue weighted by atomic mass is 10.1. The Labute approximate surface area is 165 Å². The predicted molar refractivity (Wildman–Crippen MR) is 105 cm³/mol. The fourth-order valence-corrected chi connectivity index (χ4v) is 4.42. The summed E-state index contributed by atoms with van der Waals surface area (Å²) >= 11 is 0. The number of benzene rings is 1. The minimum Gasteiger partial charge on any atom is -0.336 e. The van der Waals surface area contributed by atoms with E-state index in [1.807, 2.05) is 29.2 Å². The topological polar surface area (TPSA) is 64.2 Å². The summed E-state index contributed by atoms with van der Waals surface area (Å²) < 4.78 is 0. The van der Waals surface area contributed by atoms with Gasteiger partial charge in [0.1, 0.15) is 12.6 Å². The molecule has 1 aromatic rings. The molecule has 28 heavy (non-hydrogen) atoms. The Morgan fingerprint density at radius 3 is 2.43 bits per heavy atom. The largest absolute Gasteiger partial charge is 0.336 e. The van der Waals surface area contributed by atoms with Crippen molar-refractivity contribution in [3.05, 3.63) is 35.4 Å². The maximum absolute atomic E-state index is 12.7. The molecule has 0 spiro atoms. The molecule has 3 aliphatic rings. The highest BCUT2D eigenvalue weighted by Crippen LogP contribution is 2.24. The van der Waals surface area contributed by atoms with Crippen LogP contribution in [-0.4, -0.2) is 89.2 Å². The summed E-state index contributed by atoms with van der Waals surface area (Å²) in [4.78, 5) is 45.2. The van der Waals surface area contributed by atoms with Gasteiger partial charge in [-0.05, 0) is 37.1 Å². The van der Waals surface area contributed by atoms with Gasteiger partial charge in [-0.1, -0.05) is 19.1 Å². The number of carbonyl (C=O) groups excluding carboxylic acids is 3. The molecule has 0 aromatic heterocycles. The Kier molecular flexibility index (Phi) is 5.35. The van der Waals surface area contributed by atoms with Gasteiger partial charge in [-0.3, -0.25) is 14.4 Å². The zero-order chi connectivity index (χ0) is 19.7. The summed E-state index contributed by atoms with van der Waals surface area (Å²) in [7, 11) is 0. The van der Waals surface area contributed by atoms with Crippen LogP contribution < -0.4 is 0 Å². The fourth-order valence-electron chi connectivity index (χ4n) is 4.42. The van der Waals surface area contributed by atoms with E-state index < -0.39 is 0 Å². The van der Waals surface area contributed by atoms with Crippen LogP contribution in [0.15, 0.2) is 24.3 Å². The van der Waals surface area contributed by atoms with E-state index in [0.717, 1.165) is 51.1 Å².